The van der Waals surface area contributed by atoms with Gasteiger partial charge in [0.05, 0.1) is 17.7 Å². The molecule has 0 aliphatic carbocycles. The number of hydrogen-bond acceptors (Lipinski definition) is 12. The number of benzene rings is 1. The van der Waals surface area contributed by atoms with Gasteiger partial charge in [0.2, 0.25) is 0 Å². The second kappa shape index (κ2) is 16.2. The SMILES string of the molecule is CCC(OC(=O)c1ccc(C(=O)OCCC[Si]2(C)O[SiH](C)O[SiH](C)O[SiH](C)O2)cc1)[Si]1(C)O[SiH](C)O[SiH](C)O[SiH](C)O1. The van der Waals surface area contributed by atoms with E-state index < -0.39 is 90.5 Å². The van der Waals surface area contributed by atoms with E-state index in [0.29, 0.717) is 30.0 Å². The Morgan fingerprint density at radius 3 is 1.60 bits per heavy atom. The Balaban J connectivity index is 1.52. The van der Waals surface area contributed by atoms with Crippen molar-refractivity contribution in [2.45, 2.75) is 83.9 Å². The molecule has 0 N–H and O–H groups in total. The number of hydrogen-bond donors (Lipinski definition) is 0. The fraction of sp³-hybridized carbons (Fsp3) is 0.636. The zero-order chi connectivity index (χ0) is 31.1. The summed E-state index contributed by atoms with van der Waals surface area (Å²) in [6.07, 6.45) is 1.15. The van der Waals surface area contributed by atoms with Crippen LogP contribution in [0.2, 0.25) is 58.4 Å². The van der Waals surface area contributed by atoms with Crippen molar-refractivity contribution in [1.29, 1.82) is 0 Å². The van der Waals surface area contributed by atoms with E-state index in [9.17, 15) is 9.59 Å². The summed E-state index contributed by atoms with van der Waals surface area (Å²) >= 11 is 0. The Kier molecular flexibility index (Phi) is 13.9. The smallest absolute Gasteiger partial charge is 0.359 e. The molecule has 0 radical (unpaired) electrons. The monoisotopic (exact) mass is 726 g/mol. The van der Waals surface area contributed by atoms with E-state index in [0.717, 1.165) is 0 Å². The van der Waals surface area contributed by atoms with Gasteiger partial charge in [-0.3, -0.25) is 0 Å². The maximum absolute atomic E-state index is 13.1. The van der Waals surface area contributed by atoms with Crippen LogP contribution in [0.5, 0.6) is 0 Å². The van der Waals surface area contributed by atoms with Gasteiger partial charge in [-0.05, 0) is 95.5 Å². The lowest BCUT2D eigenvalue weighted by atomic mass is 10.1. The summed E-state index contributed by atoms with van der Waals surface area (Å²) in [6, 6.07) is 6.94. The summed E-state index contributed by atoms with van der Waals surface area (Å²) in [5.74, 6) is -0.965. The number of carbonyl (C=O) groups is 2. The quantitative estimate of drug-likeness (QED) is 0.210. The predicted octanol–water partition coefficient (Wildman–Crippen LogP) is 2.11. The minimum atomic E-state index is -2.93. The summed E-state index contributed by atoms with van der Waals surface area (Å²) in [7, 11) is -16.5. The first kappa shape index (κ1) is 36.0. The zero-order valence-electron chi connectivity index (χ0n) is 26.1. The molecule has 2 heterocycles. The number of carbonyl (C=O) groups excluding carboxylic acids is 2. The van der Waals surface area contributed by atoms with Gasteiger partial charge in [-0.25, -0.2) is 9.59 Å². The summed E-state index contributed by atoms with van der Waals surface area (Å²) in [5, 5.41) is 0. The van der Waals surface area contributed by atoms with Gasteiger partial charge < -0.3 is 42.4 Å². The van der Waals surface area contributed by atoms with Gasteiger partial charge in [-0.15, -0.1) is 0 Å². The maximum atomic E-state index is 13.1. The molecule has 2 aliphatic rings. The average molecular weight is 727 g/mol. The first-order valence-corrected chi connectivity index (χ1v) is 32.0. The minimum absolute atomic E-state index is 0.232. The summed E-state index contributed by atoms with van der Waals surface area (Å²) < 4.78 is 60.5. The van der Waals surface area contributed by atoms with Crippen LogP contribution in [0.25, 0.3) is 0 Å². The van der Waals surface area contributed by atoms with E-state index in [1.54, 1.807) is 24.3 Å². The molecule has 3 rings (SSSR count). The van der Waals surface area contributed by atoms with Gasteiger partial charge in [-0.2, -0.15) is 0 Å². The van der Waals surface area contributed by atoms with Crippen LogP contribution in [0.4, 0.5) is 0 Å². The highest BCUT2D eigenvalue weighted by Crippen LogP contribution is 2.25. The van der Waals surface area contributed by atoms with E-state index in [1.165, 1.54) is 0 Å². The van der Waals surface area contributed by atoms with Gasteiger partial charge in [0, 0.05) is 0 Å². The van der Waals surface area contributed by atoms with Crippen molar-refractivity contribution < 1.29 is 52.0 Å². The molecule has 5 unspecified atom stereocenters. The molecule has 238 valence electrons. The Bertz CT molecular complexity index is 1010. The van der Waals surface area contributed by atoms with Crippen molar-refractivity contribution in [3.63, 3.8) is 0 Å². The van der Waals surface area contributed by atoms with E-state index in [2.05, 4.69) is 0 Å². The van der Waals surface area contributed by atoms with Gasteiger partial charge >= 0.3 is 29.1 Å². The molecule has 0 saturated carbocycles. The summed E-state index contributed by atoms with van der Waals surface area (Å²) in [4.78, 5) is 25.7. The fourth-order valence-electron chi connectivity index (χ4n) is 5.08. The van der Waals surface area contributed by atoms with E-state index >= 15 is 0 Å². The topological polar surface area (TPSA) is 126 Å². The maximum Gasteiger partial charge on any atom is 0.359 e. The van der Waals surface area contributed by atoms with Crippen LogP contribution >= 0.6 is 0 Å². The third-order valence-electron chi connectivity index (χ3n) is 6.73. The lowest BCUT2D eigenvalue weighted by molar-refractivity contribution is 0.0356. The van der Waals surface area contributed by atoms with Crippen LogP contribution in [0.1, 0.15) is 40.5 Å². The molecule has 0 bridgehead atoms. The number of esters is 2. The molecule has 0 spiro atoms. The average Bonchev–Trinajstić information content (AvgIpc) is 2.87. The Morgan fingerprint density at radius 2 is 1.14 bits per heavy atom. The molecule has 42 heavy (non-hydrogen) atoms. The van der Waals surface area contributed by atoms with E-state index in [1.807, 2.05) is 59.3 Å². The van der Waals surface area contributed by atoms with Crippen molar-refractivity contribution >= 4 is 84.8 Å². The number of ether oxygens (including phenoxy) is 2. The van der Waals surface area contributed by atoms with Crippen LogP contribution < -0.4 is 0 Å². The normalized spacial score (nSPS) is 35.2. The van der Waals surface area contributed by atoms with Gasteiger partial charge in [0.25, 0.3) is 55.7 Å². The van der Waals surface area contributed by atoms with E-state index in [-0.39, 0.29) is 6.61 Å². The summed E-state index contributed by atoms with van der Waals surface area (Å²) in [5.41, 5.74) is 0.148. The molecule has 2 aliphatic heterocycles. The Hall–Kier alpha value is -0.425. The highest BCUT2D eigenvalue weighted by Gasteiger charge is 2.48. The van der Waals surface area contributed by atoms with Crippen molar-refractivity contribution in [3.05, 3.63) is 35.4 Å². The van der Waals surface area contributed by atoms with Crippen molar-refractivity contribution in [3.8, 4) is 0 Å². The number of rotatable bonds is 9. The first-order chi connectivity index (χ1) is 19.7. The predicted molar refractivity (Wildman–Crippen MR) is 176 cm³/mol. The van der Waals surface area contributed by atoms with Crippen molar-refractivity contribution in [1.82, 2.24) is 0 Å². The molecule has 12 nitrogen and oxygen atoms in total. The molecule has 1 aromatic rings. The Labute approximate surface area is 261 Å². The molecule has 20 heteroatoms. The standard InChI is InChI=1S/C22H46O12Si8/c1-10-20(42(9)33-39(6)29-36(3)30-40(7)34-42)26-22(24)19-14-12-18(13-15-19)21(23)25-16-11-17-41(8)31-37(4)27-35(2)28-38(5)32-41/h12-15,20,35-40H,10-11,16-17H2,1-9H3. The van der Waals surface area contributed by atoms with Crippen molar-refractivity contribution in [2.75, 3.05) is 6.61 Å². The summed E-state index contributed by atoms with van der Waals surface area (Å²) in [6.45, 7) is 18.0. The van der Waals surface area contributed by atoms with Gasteiger partial charge in [-0.1, -0.05) is 6.92 Å². The van der Waals surface area contributed by atoms with Crippen LogP contribution in [0, 0.1) is 0 Å². The highest BCUT2D eigenvalue weighted by molar-refractivity contribution is 6.82. The first-order valence-electron chi connectivity index (χ1n) is 14.5. The van der Waals surface area contributed by atoms with Crippen molar-refractivity contribution in [2.24, 2.45) is 0 Å². The lowest BCUT2D eigenvalue weighted by Crippen LogP contribution is -2.60. The second-order valence-corrected chi connectivity index (χ2v) is 31.1. The van der Waals surface area contributed by atoms with Gasteiger partial charge in [0.15, 0.2) is 0 Å². The van der Waals surface area contributed by atoms with Gasteiger partial charge in [0.1, 0.15) is 5.73 Å². The van der Waals surface area contributed by atoms with Crippen LogP contribution in [-0.4, -0.2) is 97.1 Å². The third-order valence-corrected chi connectivity index (χ3v) is 35.0. The molecule has 2 saturated heterocycles. The molecule has 0 aromatic heterocycles. The lowest BCUT2D eigenvalue weighted by Gasteiger charge is -2.40. The van der Waals surface area contributed by atoms with E-state index in [4.69, 9.17) is 42.4 Å². The highest BCUT2D eigenvalue weighted by atomic mass is 28.5. The molecule has 1 aromatic carbocycles. The third kappa shape index (κ3) is 10.9. The van der Waals surface area contributed by atoms with Crippen LogP contribution in [-0.2, 0) is 42.4 Å². The zero-order valence-corrected chi connectivity index (χ0v) is 35.0. The minimum Gasteiger partial charge on any atom is -0.462 e. The second-order valence-electron chi connectivity index (χ2n) is 10.7. The Morgan fingerprint density at radius 1 is 0.714 bits per heavy atom. The largest absolute Gasteiger partial charge is 0.462 e. The fourth-order valence-corrected chi connectivity index (χ4v) is 34.6. The molecule has 2 fully saturated rings. The molecule has 0 amide bonds. The molecule has 5 atom stereocenters. The van der Waals surface area contributed by atoms with Crippen LogP contribution in [0.3, 0.4) is 0 Å². The molecular formula is C22H46O12Si8. The van der Waals surface area contributed by atoms with Crippen LogP contribution in [0.15, 0.2) is 24.3 Å². The molecular weight excluding hydrogens is 681 g/mol.